The molecule has 2 heterocycles. The van der Waals surface area contributed by atoms with E-state index in [9.17, 15) is 8.42 Å². The SMILES string of the molecule is Cn1nccc1NS(=O)(=O)c1ccc2nc(N)ccc2c1. The minimum Gasteiger partial charge on any atom is -0.384 e. The monoisotopic (exact) mass is 303 g/mol. The van der Waals surface area contributed by atoms with E-state index in [0.29, 0.717) is 22.5 Å². The molecule has 0 amide bonds. The highest BCUT2D eigenvalue weighted by atomic mass is 32.2. The maximum atomic E-state index is 12.4. The first-order chi connectivity index (χ1) is 9.95. The standard InChI is InChI=1S/C13H13N5O2S/c1-18-13(6-7-15-18)17-21(19,20)10-3-4-11-9(8-10)2-5-12(14)16-11/h2-8,17H,1H3,(H2,14,16). The van der Waals surface area contributed by atoms with Gasteiger partial charge in [0.2, 0.25) is 0 Å². The fraction of sp³-hybridized carbons (Fsp3) is 0.0769. The smallest absolute Gasteiger partial charge is 0.263 e. The molecule has 0 atom stereocenters. The Morgan fingerprint density at radius 1 is 1.19 bits per heavy atom. The number of pyridine rings is 1. The van der Waals surface area contributed by atoms with Gasteiger partial charge in [-0.1, -0.05) is 0 Å². The number of hydrogen-bond donors (Lipinski definition) is 2. The van der Waals surface area contributed by atoms with Gasteiger partial charge in [0.15, 0.2) is 0 Å². The van der Waals surface area contributed by atoms with E-state index in [4.69, 9.17) is 5.73 Å². The molecule has 0 spiro atoms. The maximum absolute atomic E-state index is 12.4. The summed E-state index contributed by atoms with van der Waals surface area (Å²) in [6.45, 7) is 0. The Morgan fingerprint density at radius 2 is 2.00 bits per heavy atom. The van der Waals surface area contributed by atoms with Crippen molar-refractivity contribution in [2.45, 2.75) is 4.90 Å². The number of anilines is 2. The van der Waals surface area contributed by atoms with Gasteiger partial charge >= 0.3 is 0 Å². The van der Waals surface area contributed by atoms with Crippen molar-refractivity contribution >= 4 is 32.6 Å². The van der Waals surface area contributed by atoms with Crippen molar-refractivity contribution in [1.29, 1.82) is 0 Å². The zero-order valence-electron chi connectivity index (χ0n) is 11.2. The topological polar surface area (TPSA) is 103 Å². The van der Waals surface area contributed by atoms with Crippen molar-refractivity contribution in [1.82, 2.24) is 14.8 Å². The van der Waals surface area contributed by atoms with E-state index in [-0.39, 0.29) is 4.90 Å². The molecule has 0 aliphatic rings. The van der Waals surface area contributed by atoms with E-state index in [1.54, 1.807) is 37.4 Å². The molecule has 21 heavy (non-hydrogen) atoms. The number of nitrogens with zero attached hydrogens (tertiary/aromatic N) is 3. The molecule has 0 unspecified atom stereocenters. The van der Waals surface area contributed by atoms with Crippen LogP contribution in [0.2, 0.25) is 0 Å². The summed E-state index contributed by atoms with van der Waals surface area (Å²) in [5.41, 5.74) is 6.25. The molecule has 7 nitrogen and oxygen atoms in total. The number of fused-ring (bicyclic) bond motifs is 1. The van der Waals surface area contributed by atoms with Gasteiger partial charge in [-0.05, 0) is 30.3 Å². The van der Waals surface area contributed by atoms with Crippen molar-refractivity contribution in [3.63, 3.8) is 0 Å². The molecule has 0 radical (unpaired) electrons. The minimum atomic E-state index is -3.68. The van der Waals surface area contributed by atoms with Crippen LogP contribution in [-0.2, 0) is 17.1 Å². The normalized spacial score (nSPS) is 11.7. The third-order valence-corrected chi connectivity index (χ3v) is 4.40. The van der Waals surface area contributed by atoms with E-state index in [1.807, 2.05) is 0 Å². The molecule has 108 valence electrons. The van der Waals surface area contributed by atoms with Crippen LogP contribution >= 0.6 is 0 Å². The minimum absolute atomic E-state index is 0.155. The van der Waals surface area contributed by atoms with Gasteiger partial charge in [-0.25, -0.2) is 13.4 Å². The van der Waals surface area contributed by atoms with Gasteiger partial charge in [0.25, 0.3) is 10.0 Å². The molecular weight excluding hydrogens is 290 g/mol. The quantitative estimate of drug-likeness (QED) is 0.760. The zero-order valence-corrected chi connectivity index (χ0v) is 12.0. The van der Waals surface area contributed by atoms with E-state index in [2.05, 4.69) is 14.8 Å². The molecule has 1 aromatic carbocycles. The second-order valence-electron chi connectivity index (χ2n) is 4.54. The van der Waals surface area contributed by atoms with Crippen LogP contribution in [0, 0.1) is 0 Å². The van der Waals surface area contributed by atoms with Gasteiger partial charge in [0.05, 0.1) is 16.6 Å². The van der Waals surface area contributed by atoms with Crippen LogP contribution in [0.25, 0.3) is 10.9 Å². The highest BCUT2D eigenvalue weighted by Crippen LogP contribution is 2.21. The summed E-state index contributed by atoms with van der Waals surface area (Å²) < 4.78 is 28.7. The third kappa shape index (κ3) is 2.52. The molecule has 3 rings (SSSR count). The van der Waals surface area contributed by atoms with Gasteiger partial charge in [-0.3, -0.25) is 9.40 Å². The van der Waals surface area contributed by atoms with Crippen molar-refractivity contribution in [3.8, 4) is 0 Å². The maximum Gasteiger partial charge on any atom is 0.263 e. The molecule has 0 aliphatic heterocycles. The Balaban J connectivity index is 2.02. The average Bonchev–Trinajstić information content (AvgIpc) is 2.83. The molecule has 3 N–H and O–H groups in total. The summed E-state index contributed by atoms with van der Waals surface area (Å²) in [5.74, 6) is 0.789. The first kappa shape index (κ1) is 13.4. The van der Waals surface area contributed by atoms with Gasteiger partial charge in [-0.15, -0.1) is 0 Å². The van der Waals surface area contributed by atoms with E-state index in [1.165, 1.54) is 16.9 Å². The number of sulfonamides is 1. The van der Waals surface area contributed by atoms with Gasteiger partial charge in [-0.2, -0.15) is 5.10 Å². The van der Waals surface area contributed by atoms with Crippen LogP contribution < -0.4 is 10.5 Å². The lowest BCUT2D eigenvalue weighted by molar-refractivity contribution is 0.600. The highest BCUT2D eigenvalue weighted by Gasteiger charge is 2.16. The van der Waals surface area contributed by atoms with Crippen LogP contribution in [0.5, 0.6) is 0 Å². The van der Waals surface area contributed by atoms with E-state index in [0.717, 1.165) is 0 Å². The summed E-state index contributed by atoms with van der Waals surface area (Å²) >= 11 is 0. The second kappa shape index (κ2) is 4.74. The van der Waals surface area contributed by atoms with Crippen LogP contribution in [0.1, 0.15) is 0 Å². The van der Waals surface area contributed by atoms with Crippen LogP contribution in [0.4, 0.5) is 11.6 Å². The summed E-state index contributed by atoms with van der Waals surface area (Å²) in [6, 6.07) is 9.63. The Hall–Kier alpha value is -2.61. The fourth-order valence-electron chi connectivity index (χ4n) is 1.96. The number of hydrogen-bond acceptors (Lipinski definition) is 5. The Kier molecular flexibility index (Phi) is 3.02. The molecule has 0 saturated carbocycles. The molecule has 0 saturated heterocycles. The van der Waals surface area contributed by atoms with Crippen molar-refractivity contribution in [2.24, 2.45) is 7.05 Å². The first-order valence-electron chi connectivity index (χ1n) is 6.13. The Bertz CT molecular complexity index is 917. The molecular formula is C13H13N5O2S. The number of nitrogen functional groups attached to an aromatic ring is 1. The summed E-state index contributed by atoms with van der Waals surface area (Å²) in [4.78, 5) is 4.29. The Morgan fingerprint density at radius 3 is 2.71 bits per heavy atom. The predicted octanol–water partition coefficient (Wildman–Crippen LogP) is 1.35. The summed E-state index contributed by atoms with van der Waals surface area (Å²) in [5, 5.41) is 4.63. The first-order valence-corrected chi connectivity index (χ1v) is 7.61. The lowest BCUT2D eigenvalue weighted by Gasteiger charge is -2.09. The highest BCUT2D eigenvalue weighted by molar-refractivity contribution is 7.92. The molecule has 0 aliphatic carbocycles. The largest absolute Gasteiger partial charge is 0.384 e. The van der Waals surface area contributed by atoms with Gasteiger partial charge in [0, 0.05) is 18.5 Å². The number of aromatic nitrogens is 3. The van der Waals surface area contributed by atoms with Crippen molar-refractivity contribution in [3.05, 3.63) is 42.6 Å². The van der Waals surface area contributed by atoms with Crippen LogP contribution in [0.15, 0.2) is 47.5 Å². The third-order valence-electron chi connectivity index (χ3n) is 3.05. The Labute approximate surface area is 121 Å². The number of nitrogens with two attached hydrogens (primary N) is 1. The number of aryl methyl sites for hydroxylation is 1. The molecule has 0 bridgehead atoms. The second-order valence-corrected chi connectivity index (χ2v) is 6.22. The predicted molar refractivity (Wildman–Crippen MR) is 80.2 cm³/mol. The molecule has 3 aromatic rings. The lowest BCUT2D eigenvalue weighted by atomic mass is 10.2. The van der Waals surface area contributed by atoms with Gasteiger partial charge < -0.3 is 5.73 Å². The fourth-order valence-corrected chi connectivity index (χ4v) is 3.08. The van der Waals surface area contributed by atoms with E-state index >= 15 is 0 Å². The molecule has 8 heteroatoms. The van der Waals surface area contributed by atoms with E-state index < -0.39 is 10.0 Å². The molecule has 2 aromatic heterocycles. The molecule has 0 fully saturated rings. The van der Waals surface area contributed by atoms with Crippen LogP contribution in [0.3, 0.4) is 0 Å². The number of nitrogens with one attached hydrogen (secondary N) is 1. The van der Waals surface area contributed by atoms with Crippen LogP contribution in [-0.4, -0.2) is 23.2 Å². The zero-order chi connectivity index (χ0) is 15.0. The average molecular weight is 303 g/mol. The summed E-state index contributed by atoms with van der Waals surface area (Å²) in [7, 11) is -2.02. The number of rotatable bonds is 3. The van der Waals surface area contributed by atoms with Gasteiger partial charge in [0.1, 0.15) is 11.6 Å². The van der Waals surface area contributed by atoms with Crippen molar-refractivity contribution in [2.75, 3.05) is 10.5 Å². The lowest BCUT2D eigenvalue weighted by Crippen LogP contribution is -2.15. The van der Waals surface area contributed by atoms with Crippen molar-refractivity contribution < 1.29 is 8.42 Å². The summed E-state index contributed by atoms with van der Waals surface area (Å²) in [6.07, 6.45) is 1.52. The number of benzene rings is 1.